The van der Waals surface area contributed by atoms with E-state index in [1.807, 2.05) is 6.07 Å². The molecule has 1 aromatic heterocycles. The number of likely N-dealkylation sites (N-methyl/N-ethyl adjacent to an activating group) is 1. The summed E-state index contributed by atoms with van der Waals surface area (Å²) in [6.07, 6.45) is -1.55. The molecule has 3 heterocycles. The number of piperidine rings is 1. The monoisotopic (exact) mass is 806 g/mol. The Morgan fingerprint density at radius 1 is 1.05 bits per heavy atom. The number of nitrogens with zero attached hydrogens (tertiary/aromatic N) is 5. The van der Waals surface area contributed by atoms with E-state index in [2.05, 4.69) is 30.7 Å². The van der Waals surface area contributed by atoms with Gasteiger partial charge >= 0.3 is 6.18 Å². The minimum Gasteiger partial charge on any atom is -0.490 e. The zero-order valence-electron chi connectivity index (χ0n) is 32.1. The van der Waals surface area contributed by atoms with Crippen LogP contribution < -0.4 is 25.6 Å². The van der Waals surface area contributed by atoms with Gasteiger partial charge in [-0.3, -0.25) is 34.2 Å². The Hall–Kier alpha value is -6.06. The van der Waals surface area contributed by atoms with Gasteiger partial charge in [-0.15, -0.1) is 0 Å². The number of carbonyl (C=O) groups is 5. The maximum Gasteiger partial charge on any atom is 0.417 e. The van der Waals surface area contributed by atoms with Crippen LogP contribution in [-0.2, 0) is 43.1 Å². The third-order valence-corrected chi connectivity index (χ3v) is 9.94. The Morgan fingerprint density at radius 3 is 2.45 bits per heavy atom. The fourth-order valence-electron chi connectivity index (χ4n) is 6.43. The number of ether oxygens (including phenoxy) is 1. The zero-order chi connectivity index (χ0) is 42.0. The molecule has 15 nitrogen and oxygen atoms in total. The molecule has 0 spiro atoms. The van der Waals surface area contributed by atoms with Crippen LogP contribution in [0, 0.1) is 11.3 Å². The highest BCUT2D eigenvalue weighted by Crippen LogP contribution is 2.34. The van der Waals surface area contributed by atoms with E-state index in [1.54, 1.807) is 43.6 Å². The molecule has 0 radical (unpaired) electrons. The molecule has 308 valence electrons. The topological polar surface area (TPSA) is 197 Å². The lowest BCUT2D eigenvalue weighted by Gasteiger charge is -2.35. The molecular formula is C40H45F3N8O7. The van der Waals surface area contributed by atoms with E-state index < -0.39 is 47.4 Å². The zero-order valence-corrected chi connectivity index (χ0v) is 32.1. The number of piperazine rings is 1. The first kappa shape index (κ1) is 43.1. The third-order valence-electron chi connectivity index (χ3n) is 9.94. The van der Waals surface area contributed by atoms with E-state index in [0.717, 1.165) is 68.7 Å². The van der Waals surface area contributed by atoms with E-state index >= 15 is 0 Å². The van der Waals surface area contributed by atoms with Crippen LogP contribution in [0.4, 0.5) is 24.7 Å². The normalized spacial score (nSPS) is 17.1. The van der Waals surface area contributed by atoms with Crippen molar-refractivity contribution < 1.29 is 47.0 Å². The molecule has 0 saturated carbocycles. The Morgan fingerprint density at radius 2 is 1.78 bits per heavy atom. The van der Waals surface area contributed by atoms with Gasteiger partial charge in [0.1, 0.15) is 24.2 Å². The lowest BCUT2D eigenvalue weighted by molar-refractivity contribution is -0.144. The molecule has 2 atom stereocenters. The average Bonchev–Trinajstić information content (AvgIpc) is 3.19. The van der Waals surface area contributed by atoms with E-state index in [4.69, 9.17) is 10.00 Å². The Labute approximate surface area is 333 Å². The van der Waals surface area contributed by atoms with Gasteiger partial charge in [-0.25, -0.2) is 4.98 Å². The number of anilines is 2. The SMILES string of the molecule is CN(C(=O)Cc1ccnc(N2CCN(CCCC(=O)NCc3ccc(OC[C@](C)(O)C(=O)Nc4ccc(C#N)c(C(F)(F)F)c4)cc3)CC2)c1)C1CCC(=O)NC1=O. The van der Waals surface area contributed by atoms with Gasteiger partial charge in [-0.1, -0.05) is 12.1 Å². The van der Waals surface area contributed by atoms with Gasteiger partial charge in [0.25, 0.3) is 5.91 Å². The summed E-state index contributed by atoms with van der Waals surface area (Å²) >= 11 is 0. The number of hydrogen-bond acceptors (Lipinski definition) is 11. The number of nitrogens with one attached hydrogen (secondary N) is 3. The first-order valence-corrected chi connectivity index (χ1v) is 18.7. The van der Waals surface area contributed by atoms with Crippen molar-refractivity contribution in [3.05, 3.63) is 83.0 Å². The van der Waals surface area contributed by atoms with Crippen LogP contribution in [0.5, 0.6) is 5.75 Å². The Bertz CT molecular complexity index is 2030. The molecule has 2 fully saturated rings. The summed E-state index contributed by atoms with van der Waals surface area (Å²) < 4.78 is 45.4. The second-order valence-corrected chi connectivity index (χ2v) is 14.4. The van der Waals surface area contributed by atoms with Crippen molar-refractivity contribution in [2.24, 2.45) is 0 Å². The van der Waals surface area contributed by atoms with Gasteiger partial charge in [-0.2, -0.15) is 18.4 Å². The van der Waals surface area contributed by atoms with Gasteiger partial charge < -0.3 is 30.3 Å². The fraction of sp³-hybridized carbons (Fsp3) is 0.425. The van der Waals surface area contributed by atoms with Crippen molar-refractivity contribution in [2.75, 3.05) is 56.6 Å². The largest absolute Gasteiger partial charge is 0.490 e. The second kappa shape index (κ2) is 18.9. The summed E-state index contributed by atoms with van der Waals surface area (Å²) in [5, 5.41) is 27.0. The molecule has 2 aliphatic rings. The van der Waals surface area contributed by atoms with Crippen LogP contribution in [0.1, 0.15) is 54.9 Å². The molecule has 0 bridgehead atoms. The first-order chi connectivity index (χ1) is 27.5. The molecule has 4 N–H and O–H groups in total. The number of alkyl halides is 3. The summed E-state index contributed by atoms with van der Waals surface area (Å²) in [7, 11) is 1.57. The van der Waals surface area contributed by atoms with Gasteiger partial charge in [0.2, 0.25) is 23.6 Å². The van der Waals surface area contributed by atoms with Gasteiger partial charge in [0.05, 0.1) is 23.6 Å². The Kier molecular flexibility index (Phi) is 14.1. The van der Waals surface area contributed by atoms with Crippen LogP contribution in [0.25, 0.3) is 0 Å². The molecule has 58 heavy (non-hydrogen) atoms. The summed E-state index contributed by atoms with van der Waals surface area (Å²) in [6.45, 7) is 4.66. The molecule has 18 heteroatoms. The fourth-order valence-corrected chi connectivity index (χ4v) is 6.43. The van der Waals surface area contributed by atoms with Crippen molar-refractivity contribution in [1.29, 1.82) is 5.26 Å². The smallest absolute Gasteiger partial charge is 0.417 e. The standard InChI is InChI=1S/C40H45F3N8O7/c1-39(57,38(56)47-29-8-7-28(23-44)31(22-29)40(41,42)43)25-58-30-9-5-26(6-10-30)24-46-34(52)4-3-15-50-16-18-51(19-17-50)33-20-27(13-14-45-33)21-36(54)49(2)32-11-12-35(53)48-37(32)55/h5-10,13-14,20,22,32,57H,3-4,11-12,15-19,21,24-25H2,1-2H3,(H,46,52)(H,47,56)(H,48,53,55)/t32?,39-/m0/s1. The molecule has 2 saturated heterocycles. The summed E-state index contributed by atoms with van der Waals surface area (Å²) in [6, 6.07) is 13.7. The van der Waals surface area contributed by atoms with Crippen molar-refractivity contribution in [2.45, 2.75) is 63.4 Å². The molecule has 5 rings (SSSR count). The first-order valence-electron chi connectivity index (χ1n) is 18.7. The number of carbonyl (C=O) groups excluding carboxylic acids is 5. The molecule has 2 aromatic carbocycles. The van der Waals surface area contributed by atoms with Crippen LogP contribution >= 0.6 is 0 Å². The number of pyridine rings is 1. The number of benzene rings is 2. The quantitative estimate of drug-likeness (QED) is 0.165. The number of hydrogen-bond donors (Lipinski definition) is 4. The third kappa shape index (κ3) is 11.7. The predicted octanol–water partition coefficient (Wildman–Crippen LogP) is 2.77. The number of imide groups is 1. The van der Waals surface area contributed by atoms with E-state index in [0.29, 0.717) is 31.1 Å². The van der Waals surface area contributed by atoms with E-state index in [9.17, 15) is 42.3 Å². The molecular weight excluding hydrogens is 761 g/mol. The predicted molar refractivity (Wildman–Crippen MR) is 204 cm³/mol. The van der Waals surface area contributed by atoms with Crippen molar-refractivity contribution in [3.8, 4) is 11.8 Å². The highest BCUT2D eigenvalue weighted by atomic mass is 19.4. The van der Waals surface area contributed by atoms with Crippen LogP contribution in [-0.4, -0.2) is 107 Å². The minimum atomic E-state index is -4.81. The number of aliphatic hydroxyl groups is 1. The van der Waals surface area contributed by atoms with E-state index in [-0.39, 0.29) is 42.8 Å². The summed E-state index contributed by atoms with van der Waals surface area (Å²) in [4.78, 5) is 72.1. The van der Waals surface area contributed by atoms with E-state index in [1.165, 1.54) is 11.0 Å². The van der Waals surface area contributed by atoms with Crippen molar-refractivity contribution >= 4 is 41.0 Å². The maximum absolute atomic E-state index is 13.3. The van der Waals surface area contributed by atoms with Crippen LogP contribution in [0.3, 0.4) is 0 Å². The molecule has 2 aliphatic heterocycles. The number of halogens is 3. The molecule has 0 aliphatic carbocycles. The van der Waals surface area contributed by atoms with Crippen molar-refractivity contribution in [3.63, 3.8) is 0 Å². The number of rotatable bonds is 15. The minimum absolute atomic E-state index is 0.102. The lowest BCUT2D eigenvalue weighted by atomic mass is 10.0. The maximum atomic E-state index is 13.3. The molecule has 3 aromatic rings. The van der Waals surface area contributed by atoms with Gasteiger partial charge in [-0.05, 0) is 79.9 Å². The second-order valence-electron chi connectivity index (χ2n) is 14.4. The molecule has 1 unspecified atom stereocenters. The van der Waals surface area contributed by atoms with Gasteiger partial charge in [0.15, 0.2) is 5.60 Å². The lowest BCUT2D eigenvalue weighted by Crippen LogP contribution is -2.53. The van der Waals surface area contributed by atoms with Crippen LogP contribution in [0.2, 0.25) is 0 Å². The summed E-state index contributed by atoms with van der Waals surface area (Å²) in [5.74, 6) is -1.05. The number of aromatic nitrogens is 1. The number of nitriles is 1. The highest BCUT2D eigenvalue weighted by molar-refractivity contribution is 6.01. The Balaban J connectivity index is 0.977. The highest BCUT2D eigenvalue weighted by Gasteiger charge is 2.36. The number of amides is 5. The average molecular weight is 807 g/mol. The van der Waals surface area contributed by atoms with Crippen LogP contribution in [0.15, 0.2) is 60.8 Å². The molecule has 5 amide bonds. The summed E-state index contributed by atoms with van der Waals surface area (Å²) in [5.41, 5.74) is -2.61. The van der Waals surface area contributed by atoms with Gasteiger partial charge in [0, 0.05) is 64.5 Å². The van der Waals surface area contributed by atoms with Crippen molar-refractivity contribution in [1.82, 2.24) is 25.4 Å².